The van der Waals surface area contributed by atoms with Gasteiger partial charge in [-0.15, -0.1) is 5.52 Å². The van der Waals surface area contributed by atoms with Crippen LogP contribution < -0.4 is 4.98 Å². The molecular weight excluding hydrogens is 2450 g/mol. The first-order valence-electron chi connectivity index (χ1n) is 36.8. The molecule has 117 heavy (non-hydrogen) atoms. The maximum Gasteiger partial charge on any atom is 0.104 e. The minimum Gasteiger partial charge on any atom is -0.661 e. The summed E-state index contributed by atoms with van der Waals surface area (Å²) in [6.45, 7) is 28.1. The quantitative estimate of drug-likeness (QED) is 0.131. The van der Waals surface area contributed by atoms with E-state index in [0.29, 0.717) is 0 Å². The summed E-state index contributed by atoms with van der Waals surface area (Å²) >= 11 is 0. The number of benzene rings is 12. The molecule has 0 aliphatic heterocycles. The zero-order valence-corrected chi connectivity index (χ0v) is 90.6. The first-order chi connectivity index (χ1) is 52.0. The molecule has 0 fully saturated rings. The molecule has 6 aromatic heterocycles. The maximum atomic E-state index is 4.31. The van der Waals surface area contributed by atoms with Crippen molar-refractivity contribution in [1.82, 2.24) is 44.0 Å². The van der Waals surface area contributed by atoms with Gasteiger partial charge in [-0.3, -0.25) is 0 Å². The van der Waals surface area contributed by atoms with Crippen LogP contribution in [-0.2, 0) is 140 Å². The fraction of sp³-hybridized carbons (Fsp3) is 0.157. The number of hydrogen-bond acceptors (Lipinski definition) is 3. The zero-order chi connectivity index (χ0) is 77.0. The Kier molecular flexibility index (Phi) is 89.9. The molecule has 12 aromatic carbocycles. The van der Waals surface area contributed by atoms with Crippen LogP contribution >= 0.6 is 0 Å². The number of imidazole rings is 3. The minimum absolute atomic E-state index is 0. The summed E-state index contributed by atoms with van der Waals surface area (Å²) in [5, 5.41) is 3.89. The Hall–Kier alpha value is -8.20. The largest absolute Gasteiger partial charge is 0.661 e. The van der Waals surface area contributed by atoms with Crippen molar-refractivity contribution in [3.63, 3.8) is 0 Å². The van der Waals surface area contributed by atoms with Gasteiger partial charge in [0.15, 0.2) is 0 Å². The third kappa shape index (κ3) is 53.8. The predicted octanol–water partition coefficient (Wildman–Crippen LogP) is 29.2. The van der Waals surface area contributed by atoms with E-state index in [9.17, 15) is 0 Å². The first-order valence-corrected chi connectivity index (χ1v) is 36.8. The van der Waals surface area contributed by atoms with Gasteiger partial charge in [0.2, 0.25) is 0 Å². The molecule has 15 heteroatoms. The fourth-order valence-electron chi connectivity index (χ4n) is 9.56. The minimum atomic E-state index is 0. The van der Waals surface area contributed by atoms with Gasteiger partial charge in [0, 0.05) is 163 Å². The third-order valence-corrected chi connectivity index (χ3v) is 14.5. The predicted molar refractivity (Wildman–Crippen MR) is 496 cm³/mol. The molecule has 0 unspecified atom stereocenters. The van der Waals surface area contributed by atoms with Gasteiger partial charge in [-0.25, -0.2) is 15.0 Å². The Morgan fingerprint density at radius 3 is 0.624 bits per heavy atom. The van der Waals surface area contributed by atoms with Crippen molar-refractivity contribution in [3.8, 4) is 0 Å². The van der Waals surface area contributed by atoms with Crippen LogP contribution in [0.5, 0.6) is 0 Å². The van der Waals surface area contributed by atoms with E-state index in [-0.39, 0.29) is 164 Å². The fourth-order valence-corrected chi connectivity index (χ4v) is 9.56. The van der Waals surface area contributed by atoms with E-state index in [4.69, 9.17) is 0 Å². The molecule has 0 aliphatic carbocycles. The van der Waals surface area contributed by atoms with Crippen LogP contribution in [-0.4, -0.2) is 39.0 Å². The number of H-pyrrole nitrogens is 3. The van der Waals surface area contributed by atoms with Crippen LogP contribution in [0.25, 0.3) is 65.8 Å². The van der Waals surface area contributed by atoms with Gasteiger partial charge in [0.05, 0.1) is 33.1 Å². The molecule has 0 saturated heterocycles. The molecule has 0 bridgehead atoms. The molecule has 6 heterocycles. The zero-order valence-electron chi connectivity index (χ0n) is 73.0. The van der Waals surface area contributed by atoms with E-state index in [1.165, 1.54) is 38.6 Å². The molecule has 18 aromatic rings. The van der Waals surface area contributed by atoms with Crippen LogP contribution in [0.2, 0.25) is 0 Å². The van der Waals surface area contributed by atoms with Crippen molar-refractivity contribution >= 4 is 65.8 Å². The number of aromatic amines is 3. The van der Waals surface area contributed by atoms with Crippen molar-refractivity contribution in [1.29, 1.82) is 0 Å². The molecule has 3 N–H and O–H groups in total. The van der Waals surface area contributed by atoms with E-state index in [2.05, 4.69) is 145 Å². The van der Waals surface area contributed by atoms with E-state index in [1.54, 1.807) is 0 Å². The van der Waals surface area contributed by atoms with Crippen molar-refractivity contribution in [2.45, 2.75) is 96.9 Å². The van der Waals surface area contributed by atoms with Crippen LogP contribution in [0.15, 0.2) is 382 Å². The van der Waals surface area contributed by atoms with Gasteiger partial charge in [-0.2, -0.15) is 5.69 Å². The normalized spacial score (nSPS) is 8.27. The summed E-state index contributed by atoms with van der Waals surface area (Å²) in [7, 11) is 4.19. The molecular formula is C102H129N9W6-6. The summed E-state index contributed by atoms with van der Waals surface area (Å²) in [4.78, 5) is 26.5. The molecule has 0 aliphatic rings. The number of hydrogen-bond donors (Lipinski definition) is 3. The van der Waals surface area contributed by atoms with Crippen molar-refractivity contribution in [3.05, 3.63) is 454 Å². The van der Waals surface area contributed by atoms with Crippen LogP contribution in [0.4, 0.5) is 0 Å². The number of fused-ring (bicyclic) bond motifs is 6. The molecule has 9 nitrogen and oxygen atoms in total. The summed E-state index contributed by atoms with van der Waals surface area (Å²) in [6, 6.07) is 128. The van der Waals surface area contributed by atoms with Crippen LogP contribution in [0.3, 0.4) is 0 Å². The Morgan fingerprint density at radius 2 is 0.419 bits per heavy atom. The van der Waals surface area contributed by atoms with Crippen LogP contribution in [0, 0.1) is 78.7 Å². The second-order valence-corrected chi connectivity index (χ2v) is 22.2. The number of rotatable bonds is 0. The standard InChI is InChI=1S/2C10H11N.C9H8N.3C8H8N2.6C6H6.4C2H6.5CH3.6W/c2*1-8-7-9-5-3-4-6-10(9)11(8)2;1-7-6-8-4-2-3-5-9(8)10-7;3*1-6-9-7-4-2-3-5-8(7)10-6;6*1-2-4-6-5-3-1;4*1-2;;;;;;;;;;;/h2*3-7H,1-2H3;2-6H,1H3;3*2-5H,1H3,(H,9,10);6*1-6H;4*1-2H3;5*1H3;;;;;;/q;;-1;;;;;;;;;;;;;;5*-1;;;;;;. The van der Waals surface area contributed by atoms with Gasteiger partial charge in [-0.1, -0.05) is 384 Å². The number of nitrogens with zero attached hydrogens (tertiary/aromatic N) is 6. The Morgan fingerprint density at radius 1 is 0.231 bits per heavy atom. The van der Waals surface area contributed by atoms with Crippen molar-refractivity contribution in [2.75, 3.05) is 0 Å². The summed E-state index contributed by atoms with van der Waals surface area (Å²) in [6.07, 6.45) is 0. The van der Waals surface area contributed by atoms with Gasteiger partial charge in [0.1, 0.15) is 17.5 Å². The van der Waals surface area contributed by atoms with E-state index < -0.39 is 0 Å². The SMILES string of the molecule is CC.CC.CC.CC.Cc1cc2ccccc2[n-]1.Cc1cc2ccccc2n1C.Cc1cc2ccccc2n1C.Cc1nc2ccccc2[nH]1.Cc1nc2ccccc2[nH]1.Cc1nc2ccccc2[nH]1.[CH3-].[CH3-].[CH3-].[CH3-].[CH3-].[W].[W].[W].[W].[W].[W].c1ccccc1.c1ccccc1.c1ccccc1.c1ccccc1.c1ccccc1.c1ccccc1. The number of para-hydroxylation sites is 9. The van der Waals surface area contributed by atoms with Crippen LogP contribution in [0.1, 0.15) is 89.9 Å². The van der Waals surface area contributed by atoms with Crippen molar-refractivity contribution < 1.29 is 126 Å². The monoisotopic (exact) mass is 2580 g/mol. The van der Waals surface area contributed by atoms with Gasteiger partial charge >= 0.3 is 0 Å². The average molecular weight is 2580 g/mol. The smallest absolute Gasteiger partial charge is 0.104 e. The summed E-state index contributed by atoms with van der Waals surface area (Å²) in [5.74, 6) is 2.92. The first kappa shape index (κ1) is 127. The van der Waals surface area contributed by atoms with E-state index in [1.807, 2.05) is 392 Å². The average Bonchev–Trinajstić information content (AvgIpc) is 1.69. The third-order valence-electron chi connectivity index (χ3n) is 14.5. The molecule has 0 saturated carbocycles. The maximum absolute atomic E-state index is 4.31. The summed E-state index contributed by atoms with van der Waals surface area (Å²) < 4.78 is 4.41. The second kappa shape index (κ2) is 82.9. The van der Waals surface area contributed by atoms with E-state index >= 15 is 0 Å². The molecule has 624 valence electrons. The number of nitrogens with one attached hydrogen (secondary N) is 3. The van der Waals surface area contributed by atoms with Gasteiger partial charge in [-0.05, 0) is 111 Å². The summed E-state index contributed by atoms with van der Waals surface area (Å²) in [5.41, 5.74) is 13.9. The van der Waals surface area contributed by atoms with Gasteiger partial charge < -0.3 is 66.2 Å². The Bertz CT molecular complexity index is 4090. The number of aromatic nitrogens is 9. The number of aryl methyl sites for hydroxylation is 8. The molecule has 0 radical (unpaired) electrons. The van der Waals surface area contributed by atoms with E-state index in [0.717, 1.165) is 61.8 Å². The second-order valence-electron chi connectivity index (χ2n) is 22.2. The Labute approximate surface area is 793 Å². The molecule has 0 atom stereocenters. The Balaban J connectivity index is -0.000000154. The van der Waals surface area contributed by atoms with Gasteiger partial charge in [0.25, 0.3) is 0 Å². The molecule has 0 amide bonds. The molecule has 0 spiro atoms. The van der Waals surface area contributed by atoms with Crippen molar-refractivity contribution in [2.24, 2.45) is 14.1 Å². The topological polar surface area (TPSA) is 110 Å². The molecule has 18 rings (SSSR count).